The average molecular weight is 394 g/mol. The molecule has 5 nitrogen and oxygen atoms in total. The van der Waals surface area contributed by atoms with Crippen molar-refractivity contribution in [2.75, 3.05) is 12.4 Å². The number of nitrogens with two attached hydrogens (primary N) is 1. The molecule has 3 N–H and O–H groups in total. The summed E-state index contributed by atoms with van der Waals surface area (Å²) >= 11 is 1.46. The van der Waals surface area contributed by atoms with Crippen LogP contribution in [0.5, 0.6) is 5.75 Å². The zero-order valence-corrected chi connectivity index (χ0v) is 16.7. The lowest BCUT2D eigenvalue weighted by atomic mass is 9.87. The van der Waals surface area contributed by atoms with Crippen molar-refractivity contribution in [2.45, 2.75) is 26.2 Å². The van der Waals surface area contributed by atoms with Gasteiger partial charge in [0.15, 0.2) is 0 Å². The summed E-state index contributed by atoms with van der Waals surface area (Å²) in [5, 5.41) is 5.39. The third-order valence-electron chi connectivity index (χ3n) is 5.29. The predicted molar refractivity (Wildman–Crippen MR) is 112 cm³/mol. The number of methoxy groups -OCH3 is 1. The topological polar surface area (TPSA) is 81.4 Å². The molecule has 0 saturated heterocycles. The van der Waals surface area contributed by atoms with E-state index in [-0.39, 0.29) is 5.91 Å². The molecular formula is C22H22N2O3S. The molecule has 1 atom stereocenters. The number of amides is 2. The number of rotatable bonds is 4. The highest BCUT2D eigenvalue weighted by molar-refractivity contribution is 7.17. The van der Waals surface area contributed by atoms with Gasteiger partial charge in [0.25, 0.3) is 11.8 Å². The predicted octanol–water partition coefficient (Wildman–Crippen LogP) is 4.39. The third kappa shape index (κ3) is 3.24. The summed E-state index contributed by atoms with van der Waals surface area (Å²) in [5.41, 5.74) is 7.55. The molecule has 1 aliphatic carbocycles. The quantitative estimate of drug-likeness (QED) is 0.689. The normalized spacial score (nSPS) is 15.9. The van der Waals surface area contributed by atoms with Crippen LogP contribution in [0.25, 0.3) is 10.8 Å². The lowest BCUT2D eigenvalue weighted by Gasteiger charge is -2.18. The second kappa shape index (κ2) is 7.28. The minimum Gasteiger partial charge on any atom is -0.496 e. The Balaban J connectivity index is 1.73. The van der Waals surface area contributed by atoms with Crippen LogP contribution in [0.2, 0.25) is 0 Å². The molecule has 144 valence electrons. The molecule has 4 rings (SSSR count). The van der Waals surface area contributed by atoms with Crippen LogP contribution in [-0.4, -0.2) is 18.9 Å². The largest absolute Gasteiger partial charge is 0.496 e. The number of aryl methyl sites for hydroxylation is 1. The van der Waals surface area contributed by atoms with Crippen LogP contribution in [0, 0.1) is 5.92 Å². The molecule has 0 bridgehead atoms. The molecule has 0 spiro atoms. The summed E-state index contributed by atoms with van der Waals surface area (Å²) in [6.45, 7) is 2.17. The van der Waals surface area contributed by atoms with Crippen LogP contribution in [0.3, 0.4) is 0 Å². The van der Waals surface area contributed by atoms with Gasteiger partial charge in [0.1, 0.15) is 10.8 Å². The lowest BCUT2D eigenvalue weighted by Crippen LogP contribution is -2.20. The molecule has 0 fully saturated rings. The summed E-state index contributed by atoms with van der Waals surface area (Å²) in [6, 6.07) is 11.4. The fourth-order valence-corrected chi connectivity index (χ4v) is 5.09. The van der Waals surface area contributed by atoms with Crippen molar-refractivity contribution in [3.05, 3.63) is 58.0 Å². The van der Waals surface area contributed by atoms with Crippen molar-refractivity contribution in [1.29, 1.82) is 0 Å². The van der Waals surface area contributed by atoms with Crippen molar-refractivity contribution in [3.63, 3.8) is 0 Å². The highest BCUT2D eigenvalue weighted by atomic mass is 32.1. The first-order valence-electron chi connectivity index (χ1n) is 9.30. The number of fused-ring (bicyclic) bond motifs is 2. The molecule has 0 saturated carbocycles. The first kappa shape index (κ1) is 18.5. The highest BCUT2D eigenvalue weighted by Gasteiger charge is 2.28. The van der Waals surface area contributed by atoms with Gasteiger partial charge < -0.3 is 15.8 Å². The Bertz CT molecular complexity index is 1090. The molecule has 0 unspecified atom stereocenters. The molecule has 3 aromatic rings. The summed E-state index contributed by atoms with van der Waals surface area (Å²) < 4.78 is 5.44. The Hall–Kier alpha value is -2.86. The van der Waals surface area contributed by atoms with Crippen molar-refractivity contribution in [2.24, 2.45) is 11.7 Å². The molecule has 1 aromatic heterocycles. The average Bonchev–Trinajstić information content (AvgIpc) is 3.03. The molecule has 6 heteroatoms. The Labute approximate surface area is 167 Å². The number of carbonyl (C=O) groups is 2. The Morgan fingerprint density at radius 2 is 1.93 bits per heavy atom. The van der Waals surface area contributed by atoms with Crippen LogP contribution in [0.15, 0.2) is 36.4 Å². The van der Waals surface area contributed by atoms with E-state index in [1.807, 2.05) is 36.4 Å². The summed E-state index contributed by atoms with van der Waals surface area (Å²) in [6.07, 6.45) is 2.81. The van der Waals surface area contributed by atoms with Gasteiger partial charge in [-0.05, 0) is 53.6 Å². The van der Waals surface area contributed by atoms with Crippen molar-refractivity contribution in [3.8, 4) is 5.75 Å². The van der Waals surface area contributed by atoms with Gasteiger partial charge in [0.05, 0.1) is 18.2 Å². The van der Waals surface area contributed by atoms with E-state index in [9.17, 15) is 9.59 Å². The number of thiophene rings is 1. The number of nitrogens with one attached hydrogen (secondary N) is 1. The smallest absolute Gasteiger partial charge is 0.260 e. The van der Waals surface area contributed by atoms with Crippen LogP contribution >= 0.6 is 11.3 Å². The summed E-state index contributed by atoms with van der Waals surface area (Å²) in [4.78, 5) is 26.3. The fraction of sp³-hybridized carbons (Fsp3) is 0.273. The van der Waals surface area contributed by atoms with Crippen LogP contribution in [0.1, 0.15) is 44.5 Å². The molecule has 28 heavy (non-hydrogen) atoms. The minimum atomic E-state index is -0.493. The Kier molecular flexibility index (Phi) is 4.81. The monoisotopic (exact) mass is 394 g/mol. The van der Waals surface area contributed by atoms with Gasteiger partial charge in [-0.2, -0.15) is 0 Å². The molecule has 2 amide bonds. The number of hydrogen-bond donors (Lipinski definition) is 2. The second-order valence-corrected chi connectivity index (χ2v) is 8.38. The zero-order valence-electron chi connectivity index (χ0n) is 15.9. The molecule has 0 aliphatic heterocycles. The van der Waals surface area contributed by atoms with E-state index >= 15 is 0 Å². The van der Waals surface area contributed by atoms with Crippen molar-refractivity contribution < 1.29 is 14.3 Å². The zero-order chi connectivity index (χ0) is 19.8. The fourth-order valence-electron chi connectivity index (χ4n) is 3.84. The van der Waals surface area contributed by atoms with Gasteiger partial charge >= 0.3 is 0 Å². The van der Waals surface area contributed by atoms with Gasteiger partial charge in [0.2, 0.25) is 0 Å². The molecular weight excluding hydrogens is 372 g/mol. The Morgan fingerprint density at radius 1 is 1.21 bits per heavy atom. The van der Waals surface area contributed by atoms with Crippen LogP contribution < -0.4 is 15.8 Å². The molecule has 0 radical (unpaired) electrons. The van der Waals surface area contributed by atoms with E-state index in [2.05, 4.69) is 12.2 Å². The lowest BCUT2D eigenvalue weighted by molar-refractivity contribution is 0.1000. The third-order valence-corrected chi connectivity index (χ3v) is 6.50. The number of anilines is 1. The van der Waals surface area contributed by atoms with E-state index in [0.717, 1.165) is 40.5 Å². The van der Waals surface area contributed by atoms with E-state index < -0.39 is 5.91 Å². The maximum absolute atomic E-state index is 13.1. The Morgan fingerprint density at radius 3 is 2.61 bits per heavy atom. The number of primary amides is 1. The van der Waals surface area contributed by atoms with Gasteiger partial charge in [0, 0.05) is 4.88 Å². The standard InChI is InChI=1S/C22H22N2O3S/c1-12-7-8-18-16(9-12)19(20(23)25)22(28-18)24-21(26)15-10-13-5-3-4-6-14(13)11-17(15)27-2/h3-6,10-12H,7-9H2,1-2H3,(H2,23,25)(H,24,26)/t12-/m1/s1. The number of carbonyl (C=O) groups excluding carboxylic acids is 2. The molecule has 1 aliphatic rings. The van der Waals surface area contributed by atoms with E-state index in [0.29, 0.717) is 27.8 Å². The SMILES string of the molecule is COc1cc2ccccc2cc1C(=O)Nc1sc2c(c1C(N)=O)C[C@H](C)CC2. The second-order valence-electron chi connectivity index (χ2n) is 7.27. The molecule has 1 heterocycles. The summed E-state index contributed by atoms with van der Waals surface area (Å²) in [7, 11) is 1.54. The van der Waals surface area contributed by atoms with Crippen LogP contribution in [-0.2, 0) is 12.8 Å². The highest BCUT2D eigenvalue weighted by Crippen LogP contribution is 2.40. The van der Waals surface area contributed by atoms with Crippen molar-refractivity contribution >= 4 is 38.9 Å². The van der Waals surface area contributed by atoms with Gasteiger partial charge in [-0.3, -0.25) is 9.59 Å². The maximum Gasteiger partial charge on any atom is 0.260 e. The number of ether oxygens (including phenoxy) is 1. The van der Waals surface area contributed by atoms with Gasteiger partial charge in [-0.25, -0.2) is 0 Å². The van der Waals surface area contributed by atoms with Crippen molar-refractivity contribution in [1.82, 2.24) is 0 Å². The number of hydrogen-bond acceptors (Lipinski definition) is 4. The number of benzene rings is 2. The van der Waals surface area contributed by atoms with Gasteiger partial charge in [-0.1, -0.05) is 31.2 Å². The van der Waals surface area contributed by atoms with E-state index in [1.54, 1.807) is 7.11 Å². The van der Waals surface area contributed by atoms with Gasteiger partial charge in [-0.15, -0.1) is 11.3 Å². The first-order valence-corrected chi connectivity index (χ1v) is 10.1. The van der Waals surface area contributed by atoms with E-state index in [4.69, 9.17) is 10.5 Å². The first-order chi connectivity index (χ1) is 13.5. The molecule has 2 aromatic carbocycles. The maximum atomic E-state index is 13.1. The van der Waals surface area contributed by atoms with Crippen LogP contribution in [0.4, 0.5) is 5.00 Å². The van der Waals surface area contributed by atoms with E-state index in [1.165, 1.54) is 11.3 Å². The summed E-state index contributed by atoms with van der Waals surface area (Å²) in [5.74, 6) is 0.195. The minimum absolute atomic E-state index is 0.309.